The van der Waals surface area contributed by atoms with Gasteiger partial charge in [-0.15, -0.1) is 0 Å². The molecule has 64 valence electrons. The lowest BCUT2D eigenvalue weighted by molar-refractivity contribution is 0.510. The minimum atomic E-state index is 0.293. The van der Waals surface area contributed by atoms with Gasteiger partial charge in [0, 0.05) is 6.04 Å². The van der Waals surface area contributed by atoms with Crippen LogP contribution in [0.1, 0.15) is 19.4 Å². The van der Waals surface area contributed by atoms with Gasteiger partial charge in [-0.05, 0) is 26.5 Å². The Morgan fingerprint density at radius 1 is 1.25 bits per heavy atom. The van der Waals surface area contributed by atoms with E-state index >= 15 is 0 Å². The predicted octanol–water partition coefficient (Wildman–Crippen LogP) is 2.24. The molecule has 12 heavy (non-hydrogen) atoms. The maximum Gasteiger partial charge on any atom is 0.0586 e. The van der Waals surface area contributed by atoms with Gasteiger partial charge in [-0.3, -0.25) is 4.90 Å². The van der Waals surface area contributed by atoms with Crippen molar-refractivity contribution in [3.8, 4) is 0 Å². The van der Waals surface area contributed by atoms with E-state index in [0.29, 0.717) is 11.6 Å². The summed E-state index contributed by atoms with van der Waals surface area (Å²) in [4.78, 5) is 2.39. The first-order valence-electron chi connectivity index (χ1n) is 4.46. The van der Waals surface area contributed by atoms with Crippen LogP contribution in [0.4, 0.5) is 0 Å². The summed E-state index contributed by atoms with van der Waals surface area (Å²) in [6, 6.07) is 11.4. The van der Waals surface area contributed by atoms with Crippen molar-refractivity contribution in [3.63, 3.8) is 0 Å². The van der Waals surface area contributed by atoms with Gasteiger partial charge in [0.05, 0.1) is 5.54 Å². The second-order valence-corrected chi connectivity index (χ2v) is 3.80. The molecule has 3 atom stereocenters. The van der Waals surface area contributed by atoms with Crippen LogP contribution >= 0.6 is 0 Å². The van der Waals surface area contributed by atoms with E-state index in [9.17, 15) is 0 Å². The summed E-state index contributed by atoms with van der Waals surface area (Å²) in [5.74, 6) is 0. The maximum atomic E-state index is 2.39. The third-order valence-electron chi connectivity index (χ3n) is 3.42. The van der Waals surface area contributed by atoms with Crippen LogP contribution in [-0.2, 0) is 5.54 Å². The molecule has 1 heterocycles. The summed E-state index contributed by atoms with van der Waals surface area (Å²) in [5.41, 5.74) is 1.72. The van der Waals surface area contributed by atoms with Gasteiger partial charge >= 0.3 is 0 Å². The molecule has 1 heteroatoms. The molecule has 1 nitrogen and oxygen atoms in total. The molecule has 1 saturated heterocycles. The van der Waals surface area contributed by atoms with E-state index in [4.69, 9.17) is 0 Å². The number of nitrogens with zero attached hydrogens (tertiary/aromatic N) is 1. The van der Waals surface area contributed by atoms with Gasteiger partial charge in [-0.2, -0.15) is 0 Å². The lowest BCUT2D eigenvalue weighted by Crippen LogP contribution is -2.08. The number of likely N-dealkylation sites (N-methyl/N-ethyl adjacent to an activating group) is 1. The first-order valence-corrected chi connectivity index (χ1v) is 4.46. The quantitative estimate of drug-likeness (QED) is 0.571. The number of rotatable bonds is 1. The van der Waals surface area contributed by atoms with Crippen LogP contribution < -0.4 is 0 Å². The second kappa shape index (κ2) is 2.33. The summed E-state index contributed by atoms with van der Waals surface area (Å²) < 4.78 is 0. The highest BCUT2D eigenvalue weighted by Gasteiger charge is 2.54. The van der Waals surface area contributed by atoms with E-state index in [1.165, 1.54) is 5.56 Å². The molecule has 1 aliphatic heterocycles. The predicted molar refractivity (Wildman–Crippen MR) is 51.0 cm³/mol. The highest BCUT2D eigenvalue weighted by Crippen LogP contribution is 2.47. The molecular formula is C11H15N. The van der Waals surface area contributed by atoms with Crippen LogP contribution in [0.5, 0.6) is 0 Å². The van der Waals surface area contributed by atoms with Crippen LogP contribution in [0.25, 0.3) is 0 Å². The first kappa shape index (κ1) is 7.81. The molecule has 0 bridgehead atoms. The summed E-state index contributed by atoms with van der Waals surface area (Å²) >= 11 is 0. The number of benzene rings is 1. The Kier molecular flexibility index (Phi) is 1.52. The summed E-state index contributed by atoms with van der Waals surface area (Å²) in [7, 11) is 2.18. The zero-order valence-corrected chi connectivity index (χ0v) is 7.91. The average molecular weight is 161 g/mol. The van der Waals surface area contributed by atoms with Crippen molar-refractivity contribution in [3.05, 3.63) is 35.9 Å². The smallest absolute Gasteiger partial charge is 0.0586 e. The molecule has 2 rings (SSSR count). The van der Waals surface area contributed by atoms with E-state index < -0.39 is 0 Å². The summed E-state index contributed by atoms with van der Waals surface area (Å²) in [5, 5.41) is 0. The molecule has 1 fully saturated rings. The molecular weight excluding hydrogens is 146 g/mol. The molecule has 0 N–H and O–H groups in total. The summed E-state index contributed by atoms with van der Waals surface area (Å²) in [6.07, 6.45) is 0. The van der Waals surface area contributed by atoms with Gasteiger partial charge in [0.2, 0.25) is 0 Å². The van der Waals surface area contributed by atoms with Gasteiger partial charge in [-0.1, -0.05) is 30.3 Å². The highest BCUT2D eigenvalue weighted by atomic mass is 15.4. The molecule has 0 amide bonds. The largest absolute Gasteiger partial charge is 0.291 e. The zero-order chi connectivity index (χ0) is 8.77. The molecule has 0 radical (unpaired) electrons. The number of hydrogen-bond donors (Lipinski definition) is 0. The molecule has 1 aromatic carbocycles. The lowest BCUT2D eigenvalue weighted by Gasteiger charge is -2.09. The molecule has 0 spiro atoms. The first-order chi connectivity index (χ1) is 5.67. The van der Waals surface area contributed by atoms with Crippen molar-refractivity contribution in [2.75, 3.05) is 7.05 Å². The third-order valence-corrected chi connectivity index (χ3v) is 3.42. The molecule has 1 aromatic rings. The van der Waals surface area contributed by atoms with E-state index in [1.54, 1.807) is 0 Å². The minimum absolute atomic E-state index is 0.293. The van der Waals surface area contributed by atoms with Crippen LogP contribution in [0, 0.1) is 0 Å². The Morgan fingerprint density at radius 3 is 2.17 bits per heavy atom. The Balaban J connectivity index is 2.34. The fourth-order valence-electron chi connectivity index (χ4n) is 1.97. The fraction of sp³-hybridized carbons (Fsp3) is 0.455. The Hall–Kier alpha value is -0.820. The molecule has 3 unspecified atom stereocenters. The van der Waals surface area contributed by atoms with Gasteiger partial charge in [-0.25, -0.2) is 0 Å². The maximum absolute atomic E-state index is 2.39. The van der Waals surface area contributed by atoms with E-state index in [2.05, 4.69) is 56.1 Å². The zero-order valence-electron chi connectivity index (χ0n) is 7.91. The van der Waals surface area contributed by atoms with Gasteiger partial charge < -0.3 is 0 Å². The Morgan fingerprint density at radius 2 is 1.75 bits per heavy atom. The lowest BCUT2D eigenvalue weighted by atomic mass is 9.98. The van der Waals surface area contributed by atoms with Crippen LogP contribution in [0.15, 0.2) is 30.3 Å². The molecule has 0 saturated carbocycles. The Labute approximate surface area is 74.0 Å². The summed E-state index contributed by atoms with van der Waals surface area (Å²) in [6.45, 7) is 4.57. The standard InChI is InChI=1S/C11H15N/c1-9-11(2,12(9)3)10-7-5-4-6-8-10/h4-9H,1-3H3. The molecule has 0 aromatic heterocycles. The van der Waals surface area contributed by atoms with E-state index in [1.807, 2.05) is 0 Å². The van der Waals surface area contributed by atoms with Gasteiger partial charge in [0.15, 0.2) is 0 Å². The topological polar surface area (TPSA) is 3.01 Å². The van der Waals surface area contributed by atoms with Gasteiger partial charge in [0.1, 0.15) is 0 Å². The van der Waals surface area contributed by atoms with Crippen molar-refractivity contribution in [2.24, 2.45) is 0 Å². The average Bonchev–Trinajstić information content (AvgIpc) is 2.60. The Bertz CT molecular complexity index is 270. The highest BCUT2D eigenvalue weighted by molar-refractivity contribution is 5.32. The van der Waals surface area contributed by atoms with E-state index in [-0.39, 0.29) is 0 Å². The monoisotopic (exact) mass is 161 g/mol. The SMILES string of the molecule is CC1N(C)C1(C)c1ccccc1. The van der Waals surface area contributed by atoms with Crippen molar-refractivity contribution in [2.45, 2.75) is 25.4 Å². The molecule has 1 aliphatic rings. The normalized spacial score (nSPS) is 39.6. The van der Waals surface area contributed by atoms with Crippen molar-refractivity contribution >= 4 is 0 Å². The fourth-order valence-corrected chi connectivity index (χ4v) is 1.97. The van der Waals surface area contributed by atoms with Crippen LogP contribution in [0.2, 0.25) is 0 Å². The van der Waals surface area contributed by atoms with E-state index in [0.717, 1.165) is 0 Å². The van der Waals surface area contributed by atoms with Gasteiger partial charge in [0.25, 0.3) is 0 Å². The third kappa shape index (κ3) is 0.831. The second-order valence-electron chi connectivity index (χ2n) is 3.80. The van der Waals surface area contributed by atoms with Crippen molar-refractivity contribution in [1.82, 2.24) is 4.90 Å². The van der Waals surface area contributed by atoms with Crippen molar-refractivity contribution in [1.29, 1.82) is 0 Å². The van der Waals surface area contributed by atoms with Crippen molar-refractivity contribution < 1.29 is 0 Å². The van der Waals surface area contributed by atoms with Crippen LogP contribution in [-0.4, -0.2) is 18.0 Å². The minimum Gasteiger partial charge on any atom is -0.291 e. The molecule has 0 aliphatic carbocycles. The number of hydrogen-bond acceptors (Lipinski definition) is 1. The van der Waals surface area contributed by atoms with Crippen LogP contribution in [0.3, 0.4) is 0 Å².